The summed E-state index contributed by atoms with van der Waals surface area (Å²) in [5.74, 6) is 0.901. The predicted octanol–water partition coefficient (Wildman–Crippen LogP) is 3.61. The van der Waals surface area contributed by atoms with Crippen LogP contribution in [0.5, 0.6) is 0 Å². The Morgan fingerprint density at radius 2 is 2.40 bits per heavy atom. The predicted molar refractivity (Wildman–Crippen MR) is 80.1 cm³/mol. The van der Waals surface area contributed by atoms with E-state index in [4.69, 9.17) is 16.3 Å². The summed E-state index contributed by atoms with van der Waals surface area (Å²) in [6.45, 7) is 5.75. The number of fused-ring (bicyclic) bond motifs is 1. The van der Waals surface area contributed by atoms with E-state index < -0.39 is 0 Å². The van der Waals surface area contributed by atoms with Crippen LogP contribution in [-0.4, -0.2) is 27.2 Å². The normalized spacial score (nSPS) is 20.6. The molecule has 4 nitrogen and oxygen atoms in total. The Kier molecular flexibility index (Phi) is 3.94. The number of aryl methyl sites for hydroxylation is 2. The van der Waals surface area contributed by atoms with Gasteiger partial charge in [-0.25, -0.2) is 9.97 Å². The van der Waals surface area contributed by atoms with Gasteiger partial charge in [-0.05, 0) is 44.7 Å². The van der Waals surface area contributed by atoms with Gasteiger partial charge in [0.15, 0.2) is 5.65 Å². The minimum Gasteiger partial charge on any atom is -0.378 e. The third-order valence-electron chi connectivity index (χ3n) is 3.81. The van der Waals surface area contributed by atoms with E-state index in [1.54, 1.807) is 0 Å². The van der Waals surface area contributed by atoms with Crippen LogP contribution in [0, 0.1) is 6.92 Å². The van der Waals surface area contributed by atoms with Crippen LogP contribution in [0.3, 0.4) is 0 Å². The molecular formula is C15H20ClN3O. The van der Waals surface area contributed by atoms with Crippen LogP contribution in [0.15, 0.2) is 12.3 Å². The van der Waals surface area contributed by atoms with E-state index in [1.807, 2.05) is 20.0 Å². The van der Waals surface area contributed by atoms with Crippen molar-refractivity contribution in [3.05, 3.63) is 23.7 Å². The second-order valence-electron chi connectivity index (χ2n) is 5.52. The average molecular weight is 294 g/mol. The molecule has 108 valence electrons. The molecule has 0 aliphatic carbocycles. The molecule has 0 bridgehead atoms. The number of hydrogen-bond acceptors (Lipinski definition) is 3. The fourth-order valence-electron chi connectivity index (χ4n) is 2.80. The van der Waals surface area contributed by atoms with E-state index in [0.29, 0.717) is 6.10 Å². The first kappa shape index (κ1) is 13.8. The fourth-order valence-corrected chi connectivity index (χ4v) is 2.96. The second-order valence-corrected chi connectivity index (χ2v) is 6.17. The van der Waals surface area contributed by atoms with Crippen LogP contribution < -0.4 is 0 Å². The quantitative estimate of drug-likeness (QED) is 0.809. The van der Waals surface area contributed by atoms with Crippen molar-refractivity contribution in [2.75, 3.05) is 6.61 Å². The maximum Gasteiger partial charge on any atom is 0.160 e. The highest BCUT2D eigenvalue weighted by Crippen LogP contribution is 2.25. The van der Waals surface area contributed by atoms with E-state index in [9.17, 15) is 0 Å². The Balaban J connectivity index is 1.91. The summed E-state index contributed by atoms with van der Waals surface area (Å²) in [5, 5.41) is -0.117. The maximum atomic E-state index is 6.27. The van der Waals surface area contributed by atoms with Crippen molar-refractivity contribution in [3.8, 4) is 0 Å². The third-order valence-corrected chi connectivity index (χ3v) is 4.00. The lowest BCUT2D eigenvalue weighted by molar-refractivity contribution is 0.100. The minimum atomic E-state index is -0.117. The highest BCUT2D eigenvalue weighted by atomic mass is 35.5. The molecule has 3 heterocycles. The summed E-state index contributed by atoms with van der Waals surface area (Å²) in [7, 11) is 0. The Hall–Kier alpha value is -1.13. The molecule has 1 fully saturated rings. The van der Waals surface area contributed by atoms with Gasteiger partial charge >= 0.3 is 0 Å². The van der Waals surface area contributed by atoms with Crippen molar-refractivity contribution in [1.82, 2.24) is 14.5 Å². The third kappa shape index (κ3) is 2.67. The molecule has 1 saturated heterocycles. The Morgan fingerprint density at radius 3 is 3.10 bits per heavy atom. The summed E-state index contributed by atoms with van der Waals surface area (Å²) in [6.07, 6.45) is 5.58. The molecule has 0 saturated carbocycles. The highest BCUT2D eigenvalue weighted by Gasteiger charge is 2.19. The van der Waals surface area contributed by atoms with Crippen LogP contribution in [0.25, 0.3) is 11.2 Å². The van der Waals surface area contributed by atoms with E-state index >= 15 is 0 Å². The molecule has 2 atom stereocenters. The molecule has 1 aliphatic rings. The van der Waals surface area contributed by atoms with Crippen LogP contribution >= 0.6 is 11.6 Å². The summed E-state index contributed by atoms with van der Waals surface area (Å²) in [6, 6.07) is 2.06. The number of hydrogen-bond donors (Lipinski definition) is 0. The SMILES string of the molecule is Cc1cnc2c(c1)nc(C(C)Cl)n2CCC1CCCO1. The summed E-state index contributed by atoms with van der Waals surface area (Å²) < 4.78 is 7.84. The first-order chi connectivity index (χ1) is 9.65. The number of ether oxygens (including phenoxy) is 1. The maximum absolute atomic E-state index is 6.27. The second kappa shape index (κ2) is 5.70. The van der Waals surface area contributed by atoms with Crippen molar-refractivity contribution in [2.45, 2.75) is 51.1 Å². The van der Waals surface area contributed by atoms with Crippen molar-refractivity contribution >= 4 is 22.8 Å². The van der Waals surface area contributed by atoms with Gasteiger partial charge in [0, 0.05) is 19.3 Å². The van der Waals surface area contributed by atoms with Gasteiger partial charge in [0.05, 0.1) is 11.5 Å². The first-order valence-electron chi connectivity index (χ1n) is 7.23. The van der Waals surface area contributed by atoms with Gasteiger partial charge in [0.1, 0.15) is 11.3 Å². The van der Waals surface area contributed by atoms with Gasteiger partial charge in [-0.15, -0.1) is 11.6 Å². The fraction of sp³-hybridized carbons (Fsp3) is 0.600. The number of imidazole rings is 1. The van der Waals surface area contributed by atoms with Crippen LogP contribution in [0.4, 0.5) is 0 Å². The van der Waals surface area contributed by atoms with Crippen LogP contribution in [0.2, 0.25) is 0 Å². The van der Waals surface area contributed by atoms with Crippen molar-refractivity contribution in [1.29, 1.82) is 0 Å². The van der Waals surface area contributed by atoms with Gasteiger partial charge in [-0.2, -0.15) is 0 Å². The molecule has 3 rings (SSSR count). The van der Waals surface area contributed by atoms with Gasteiger partial charge < -0.3 is 9.30 Å². The standard InChI is InChI=1S/C15H20ClN3O/c1-10-8-13-15(17-9-10)19(14(18-13)11(2)16)6-5-12-4-3-7-20-12/h8-9,11-12H,3-7H2,1-2H3. The average Bonchev–Trinajstić information content (AvgIpc) is 3.02. The molecule has 5 heteroatoms. The Morgan fingerprint density at radius 1 is 1.55 bits per heavy atom. The van der Waals surface area contributed by atoms with Crippen molar-refractivity contribution < 1.29 is 4.74 Å². The molecule has 20 heavy (non-hydrogen) atoms. The summed E-state index contributed by atoms with van der Waals surface area (Å²) in [4.78, 5) is 9.18. The molecule has 2 unspecified atom stereocenters. The molecule has 0 aromatic carbocycles. The van der Waals surface area contributed by atoms with E-state index in [2.05, 4.69) is 20.6 Å². The first-order valence-corrected chi connectivity index (χ1v) is 7.67. The summed E-state index contributed by atoms with van der Waals surface area (Å²) in [5.41, 5.74) is 2.98. The lowest BCUT2D eigenvalue weighted by atomic mass is 10.2. The van der Waals surface area contributed by atoms with E-state index in [1.165, 1.54) is 6.42 Å². The zero-order chi connectivity index (χ0) is 14.1. The van der Waals surface area contributed by atoms with E-state index in [-0.39, 0.29) is 5.38 Å². The number of nitrogens with zero attached hydrogens (tertiary/aromatic N) is 3. The Bertz CT molecular complexity index is 602. The molecule has 1 aliphatic heterocycles. The number of alkyl halides is 1. The van der Waals surface area contributed by atoms with Crippen LogP contribution in [0.1, 0.15) is 43.0 Å². The molecule has 0 N–H and O–H groups in total. The lowest BCUT2D eigenvalue weighted by Crippen LogP contribution is -2.12. The van der Waals surface area contributed by atoms with Gasteiger partial charge in [0.2, 0.25) is 0 Å². The lowest BCUT2D eigenvalue weighted by Gasteiger charge is -2.13. The molecular weight excluding hydrogens is 274 g/mol. The Labute approximate surface area is 124 Å². The molecule has 0 spiro atoms. The summed E-state index contributed by atoms with van der Waals surface area (Å²) >= 11 is 6.27. The van der Waals surface area contributed by atoms with Gasteiger partial charge in [-0.1, -0.05) is 0 Å². The zero-order valence-corrected chi connectivity index (χ0v) is 12.7. The molecule has 0 amide bonds. The number of aromatic nitrogens is 3. The number of pyridine rings is 1. The van der Waals surface area contributed by atoms with Crippen molar-refractivity contribution in [3.63, 3.8) is 0 Å². The molecule has 2 aromatic heterocycles. The monoisotopic (exact) mass is 293 g/mol. The smallest absolute Gasteiger partial charge is 0.160 e. The van der Waals surface area contributed by atoms with E-state index in [0.717, 1.165) is 48.5 Å². The number of halogens is 1. The number of rotatable bonds is 4. The zero-order valence-electron chi connectivity index (χ0n) is 12.0. The van der Waals surface area contributed by atoms with Crippen LogP contribution in [-0.2, 0) is 11.3 Å². The highest BCUT2D eigenvalue weighted by molar-refractivity contribution is 6.20. The van der Waals surface area contributed by atoms with Crippen molar-refractivity contribution in [2.24, 2.45) is 0 Å². The minimum absolute atomic E-state index is 0.117. The largest absolute Gasteiger partial charge is 0.378 e. The van der Waals surface area contributed by atoms with Gasteiger partial charge in [0.25, 0.3) is 0 Å². The van der Waals surface area contributed by atoms with Gasteiger partial charge in [-0.3, -0.25) is 0 Å². The molecule has 2 aromatic rings. The topological polar surface area (TPSA) is 39.9 Å². The molecule has 0 radical (unpaired) electrons.